The van der Waals surface area contributed by atoms with E-state index in [0.717, 1.165) is 21.7 Å². The average Bonchev–Trinajstić information content (AvgIpc) is 2.71. The average molecular weight is 474 g/mol. The van der Waals surface area contributed by atoms with E-state index in [2.05, 4.69) is 5.32 Å². The minimum absolute atomic E-state index is 0.196. The molecule has 0 unspecified atom stereocenters. The van der Waals surface area contributed by atoms with E-state index >= 15 is 0 Å². The van der Waals surface area contributed by atoms with Crippen molar-refractivity contribution in [3.8, 4) is 0 Å². The van der Waals surface area contributed by atoms with E-state index in [9.17, 15) is 18.0 Å². The second-order valence-electron chi connectivity index (χ2n) is 9.28. The summed E-state index contributed by atoms with van der Waals surface area (Å²) in [5.74, 6) is -0.711. The number of anilines is 1. The maximum Gasteiger partial charge on any atom is 0.244 e. The van der Waals surface area contributed by atoms with Crippen molar-refractivity contribution in [2.24, 2.45) is 0 Å². The van der Waals surface area contributed by atoms with Crippen molar-refractivity contribution in [1.82, 2.24) is 10.2 Å². The number of carbonyl (C=O) groups excluding carboxylic acids is 2. The highest BCUT2D eigenvalue weighted by molar-refractivity contribution is 7.92. The molecule has 0 heterocycles. The summed E-state index contributed by atoms with van der Waals surface area (Å²) < 4.78 is 26.1. The second kappa shape index (κ2) is 10.8. The van der Waals surface area contributed by atoms with Crippen LogP contribution in [0.3, 0.4) is 0 Å². The topological polar surface area (TPSA) is 86.8 Å². The van der Waals surface area contributed by atoms with Crippen LogP contribution in [0.15, 0.2) is 54.6 Å². The van der Waals surface area contributed by atoms with Crippen molar-refractivity contribution in [3.05, 3.63) is 65.7 Å². The minimum atomic E-state index is -3.72. The van der Waals surface area contributed by atoms with Crippen molar-refractivity contribution in [3.63, 3.8) is 0 Å². The highest BCUT2D eigenvalue weighted by atomic mass is 32.2. The molecule has 2 aromatic rings. The minimum Gasteiger partial charge on any atom is -0.350 e. The van der Waals surface area contributed by atoms with Crippen LogP contribution in [0.2, 0.25) is 0 Å². The first-order valence-corrected chi connectivity index (χ1v) is 12.9. The van der Waals surface area contributed by atoms with E-state index in [1.54, 1.807) is 30.3 Å². The predicted molar refractivity (Wildman–Crippen MR) is 132 cm³/mol. The van der Waals surface area contributed by atoms with Gasteiger partial charge < -0.3 is 10.2 Å². The zero-order chi connectivity index (χ0) is 24.8. The zero-order valence-corrected chi connectivity index (χ0v) is 21.1. The van der Waals surface area contributed by atoms with Gasteiger partial charge in [0.15, 0.2) is 0 Å². The number of hydrogen-bond acceptors (Lipinski definition) is 4. The van der Waals surface area contributed by atoms with E-state index < -0.39 is 34.1 Å². The summed E-state index contributed by atoms with van der Waals surface area (Å²) in [6.45, 7) is 9.26. The van der Waals surface area contributed by atoms with Gasteiger partial charge in [-0.2, -0.15) is 0 Å². The lowest BCUT2D eigenvalue weighted by atomic mass is 10.1. The van der Waals surface area contributed by atoms with Gasteiger partial charge in [0.2, 0.25) is 21.8 Å². The van der Waals surface area contributed by atoms with E-state index in [-0.39, 0.29) is 12.5 Å². The van der Waals surface area contributed by atoms with Gasteiger partial charge in [0, 0.05) is 12.1 Å². The van der Waals surface area contributed by atoms with Gasteiger partial charge in [-0.05, 0) is 51.8 Å². The van der Waals surface area contributed by atoms with Gasteiger partial charge in [-0.1, -0.05) is 55.0 Å². The first kappa shape index (κ1) is 26.4. The molecule has 8 heteroatoms. The first-order valence-electron chi connectivity index (χ1n) is 11.0. The number of carbonyl (C=O) groups is 2. The van der Waals surface area contributed by atoms with Crippen molar-refractivity contribution < 1.29 is 18.0 Å². The molecule has 180 valence electrons. The van der Waals surface area contributed by atoms with Gasteiger partial charge in [0.1, 0.15) is 12.6 Å². The lowest BCUT2D eigenvalue weighted by molar-refractivity contribution is -0.141. The fourth-order valence-corrected chi connectivity index (χ4v) is 4.32. The van der Waals surface area contributed by atoms with Gasteiger partial charge in [-0.15, -0.1) is 0 Å². The van der Waals surface area contributed by atoms with Gasteiger partial charge >= 0.3 is 0 Å². The molecule has 2 amide bonds. The SMILES string of the molecule is CC[C@H](C(=O)NC(C)(C)C)N(Cc1ccc(C)cc1)C(=O)CN(c1ccccc1)S(C)(=O)=O. The molecule has 0 aromatic heterocycles. The second-order valence-corrected chi connectivity index (χ2v) is 11.2. The molecular formula is C25H35N3O4S. The summed E-state index contributed by atoms with van der Waals surface area (Å²) in [6, 6.07) is 15.5. The Hall–Kier alpha value is -2.87. The molecule has 33 heavy (non-hydrogen) atoms. The number of nitrogens with one attached hydrogen (secondary N) is 1. The molecule has 0 spiro atoms. The third-order valence-corrected chi connectivity index (χ3v) is 6.22. The Morgan fingerprint density at radius 3 is 2.06 bits per heavy atom. The van der Waals surface area contributed by atoms with E-state index in [1.807, 2.05) is 58.9 Å². The standard InChI is InChI=1S/C25H35N3O4S/c1-7-22(24(30)26-25(3,4)5)27(17-20-15-13-19(2)14-16-20)23(29)18-28(33(6,31)32)21-11-9-8-10-12-21/h8-16,22H,7,17-18H2,1-6H3,(H,26,30)/t22-/m1/s1. The summed E-state index contributed by atoms with van der Waals surface area (Å²) in [5, 5.41) is 2.95. The highest BCUT2D eigenvalue weighted by Crippen LogP contribution is 2.20. The number of aryl methyl sites for hydroxylation is 1. The Labute approximate surface area is 197 Å². The lowest BCUT2D eigenvalue weighted by Crippen LogP contribution is -2.55. The van der Waals surface area contributed by atoms with Crippen molar-refractivity contribution in [2.75, 3.05) is 17.1 Å². The molecule has 0 bridgehead atoms. The number of para-hydroxylation sites is 1. The number of nitrogens with zero attached hydrogens (tertiary/aromatic N) is 2. The van der Waals surface area contributed by atoms with Crippen LogP contribution in [0.5, 0.6) is 0 Å². The Morgan fingerprint density at radius 2 is 1.58 bits per heavy atom. The van der Waals surface area contributed by atoms with Gasteiger partial charge in [0.05, 0.1) is 11.9 Å². The van der Waals surface area contributed by atoms with Crippen molar-refractivity contribution >= 4 is 27.5 Å². The quantitative estimate of drug-likeness (QED) is 0.604. The van der Waals surface area contributed by atoms with E-state index in [1.165, 1.54) is 4.90 Å². The summed E-state index contributed by atoms with van der Waals surface area (Å²) in [6.07, 6.45) is 1.46. The number of hydrogen-bond donors (Lipinski definition) is 1. The zero-order valence-electron chi connectivity index (χ0n) is 20.3. The molecule has 0 aliphatic heterocycles. The third kappa shape index (κ3) is 7.89. The molecule has 0 radical (unpaired) electrons. The molecule has 0 saturated heterocycles. The summed E-state index contributed by atoms with van der Waals surface area (Å²) in [7, 11) is -3.72. The van der Waals surface area contributed by atoms with Crippen LogP contribution in [0.4, 0.5) is 5.69 Å². The number of benzene rings is 2. The Balaban J connectivity index is 2.42. The molecule has 7 nitrogen and oxygen atoms in total. The van der Waals surface area contributed by atoms with Crippen LogP contribution < -0.4 is 9.62 Å². The Bertz CT molecular complexity index is 1050. The summed E-state index contributed by atoms with van der Waals surface area (Å²) in [5.41, 5.74) is 1.88. The summed E-state index contributed by atoms with van der Waals surface area (Å²) >= 11 is 0. The van der Waals surface area contributed by atoms with Crippen LogP contribution in [0.25, 0.3) is 0 Å². The monoisotopic (exact) mass is 473 g/mol. The molecule has 2 aromatic carbocycles. The molecule has 2 rings (SSSR count). The number of amides is 2. The van der Waals surface area contributed by atoms with Crippen molar-refractivity contribution in [1.29, 1.82) is 0 Å². The van der Waals surface area contributed by atoms with Gasteiger partial charge in [-0.25, -0.2) is 8.42 Å². The maximum absolute atomic E-state index is 13.6. The fourth-order valence-electron chi connectivity index (χ4n) is 3.47. The lowest BCUT2D eigenvalue weighted by Gasteiger charge is -2.34. The predicted octanol–water partition coefficient (Wildman–Crippen LogP) is 3.48. The molecule has 0 saturated carbocycles. The maximum atomic E-state index is 13.6. The number of sulfonamides is 1. The third-order valence-electron chi connectivity index (χ3n) is 5.08. The highest BCUT2D eigenvalue weighted by Gasteiger charge is 2.32. The van der Waals surface area contributed by atoms with Crippen LogP contribution in [-0.4, -0.2) is 49.5 Å². The molecule has 0 aliphatic rings. The number of rotatable bonds is 9. The normalized spacial score (nSPS) is 12.7. The molecule has 1 N–H and O–H groups in total. The first-order chi connectivity index (χ1) is 15.3. The van der Waals surface area contributed by atoms with Gasteiger partial charge in [-0.3, -0.25) is 13.9 Å². The van der Waals surface area contributed by atoms with Crippen LogP contribution in [0, 0.1) is 6.92 Å². The molecular weight excluding hydrogens is 438 g/mol. The van der Waals surface area contributed by atoms with Crippen LogP contribution in [-0.2, 0) is 26.2 Å². The Morgan fingerprint density at radius 1 is 1.00 bits per heavy atom. The summed E-state index contributed by atoms with van der Waals surface area (Å²) in [4.78, 5) is 28.1. The smallest absolute Gasteiger partial charge is 0.244 e. The molecule has 1 atom stereocenters. The van der Waals surface area contributed by atoms with Crippen molar-refractivity contribution in [2.45, 2.75) is 59.2 Å². The molecule has 0 fully saturated rings. The fraction of sp³-hybridized carbons (Fsp3) is 0.440. The van der Waals surface area contributed by atoms with Crippen LogP contribution >= 0.6 is 0 Å². The largest absolute Gasteiger partial charge is 0.350 e. The van der Waals surface area contributed by atoms with Gasteiger partial charge in [0.25, 0.3) is 0 Å². The molecule has 0 aliphatic carbocycles. The van der Waals surface area contributed by atoms with E-state index in [4.69, 9.17) is 0 Å². The Kier molecular flexibility index (Phi) is 8.66. The van der Waals surface area contributed by atoms with Crippen LogP contribution in [0.1, 0.15) is 45.2 Å². The van der Waals surface area contributed by atoms with E-state index in [0.29, 0.717) is 12.1 Å².